The minimum absolute atomic E-state index is 0.135. The van der Waals surface area contributed by atoms with E-state index in [0.29, 0.717) is 32.3 Å². The van der Waals surface area contributed by atoms with Gasteiger partial charge in [0.25, 0.3) is 11.8 Å². The van der Waals surface area contributed by atoms with Crippen molar-refractivity contribution in [3.8, 4) is 0 Å². The molecular formula is C28H27Cl2F2NO3. The number of hydrogen-bond donors (Lipinski definition) is 2. The summed E-state index contributed by atoms with van der Waals surface area (Å²) in [6.45, 7) is 2.08. The summed E-state index contributed by atoms with van der Waals surface area (Å²) in [6.07, 6.45) is -0.792. The van der Waals surface area contributed by atoms with Crippen LogP contribution in [-0.4, -0.2) is 33.5 Å². The largest absolute Gasteiger partial charge is 0.390 e. The summed E-state index contributed by atoms with van der Waals surface area (Å²) in [7, 11) is 0. The highest BCUT2D eigenvalue weighted by Gasteiger charge is 2.52. The number of hydrogen-bond acceptors (Lipinski definition) is 3. The Labute approximate surface area is 219 Å². The molecule has 1 amide bonds. The SMILES string of the molecule is CC(C)(O)c1ccc2c(c1)C(=O)N(Cc1ccc(Cl)cc1)[C@@]2(CCC(F)(F)CO)c1ccc(Cl)cc1. The van der Waals surface area contributed by atoms with Crippen LogP contribution in [-0.2, 0) is 17.7 Å². The molecule has 4 nitrogen and oxygen atoms in total. The number of carbonyl (C=O) groups is 1. The van der Waals surface area contributed by atoms with E-state index in [1.807, 2.05) is 0 Å². The number of aliphatic hydroxyl groups is 2. The average molecular weight is 534 g/mol. The molecule has 1 aliphatic heterocycles. The second-order valence-electron chi connectivity index (χ2n) is 9.72. The van der Waals surface area contributed by atoms with Gasteiger partial charge >= 0.3 is 0 Å². The zero-order valence-electron chi connectivity index (χ0n) is 19.9. The van der Waals surface area contributed by atoms with Crippen molar-refractivity contribution >= 4 is 29.1 Å². The summed E-state index contributed by atoms with van der Waals surface area (Å²) < 4.78 is 28.9. The molecule has 0 fully saturated rings. The first-order valence-corrected chi connectivity index (χ1v) is 12.3. The number of fused-ring (bicyclic) bond motifs is 1. The molecule has 0 saturated heterocycles. The molecule has 0 radical (unpaired) electrons. The molecule has 1 heterocycles. The lowest BCUT2D eigenvalue weighted by atomic mass is 9.77. The quantitative estimate of drug-likeness (QED) is 0.346. The second kappa shape index (κ2) is 9.75. The lowest BCUT2D eigenvalue weighted by Gasteiger charge is -2.41. The molecule has 1 atom stereocenters. The molecule has 190 valence electrons. The summed E-state index contributed by atoms with van der Waals surface area (Å²) in [6, 6.07) is 18.9. The first kappa shape index (κ1) is 26.6. The van der Waals surface area contributed by atoms with Gasteiger partial charge in [0, 0.05) is 28.6 Å². The zero-order valence-corrected chi connectivity index (χ0v) is 21.5. The van der Waals surface area contributed by atoms with Gasteiger partial charge in [0.2, 0.25) is 0 Å². The van der Waals surface area contributed by atoms with Gasteiger partial charge < -0.3 is 15.1 Å². The molecular weight excluding hydrogens is 507 g/mol. The Bertz CT molecular complexity index is 1260. The van der Waals surface area contributed by atoms with Gasteiger partial charge in [-0.05, 0) is 72.9 Å². The topological polar surface area (TPSA) is 60.8 Å². The number of carbonyl (C=O) groups excluding carboxylic acids is 1. The monoisotopic (exact) mass is 533 g/mol. The molecule has 0 aliphatic carbocycles. The Morgan fingerprint density at radius 1 is 0.944 bits per heavy atom. The second-order valence-corrected chi connectivity index (χ2v) is 10.6. The van der Waals surface area contributed by atoms with Crippen molar-refractivity contribution in [2.45, 2.75) is 50.3 Å². The Kier molecular flexibility index (Phi) is 7.19. The highest BCUT2D eigenvalue weighted by molar-refractivity contribution is 6.30. The number of benzene rings is 3. The van der Waals surface area contributed by atoms with E-state index >= 15 is 0 Å². The molecule has 36 heavy (non-hydrogen) atoms. The number of nitrogens with zero attached hydrogens (tertiary/aromatic N) is 1. The van der Waals surface area contributed by atoms with Crippen molar-refractivity contribution in [1.29, 1.82) is 0 Å². The highest BCUT2D eigenvalue weighted by Crippen LogP contribution is 2.50. The van der Waals surface area contributed by atoms with Crippen molar-refractivity contribution in [1.82, 2.24) is 4.90 Å². The van der Waals surface area contributed by atoms with E-state index in [1.54, 1.807) is 85.5 Å². The Morgan fingerprint density at radius 3 is 2.08 bits per heavy atom. The molecule has 3 aromatic rings. The summed E-state index contributed by atoms with van der Waals surface area (Å²) in [5.41, 5.74) is 0.373. The summed E-state index contributed by atoms with van der Waals surface area (Å²) in [5.74, 6) is -3.67. The Hall–Kier alpha value is -2.51. The molecule has 0 spiro atoms. The van der Waals surface area contributed by atoms with Crippen LogP contribution in [0.2, 0.25) is 10.0 Å². The third-order valence-corrected chi connectivity index (χ3v) is 7.27. The Morgan fingerprint density at radius 2 is 1.53 bits per heavy atom. The first-order valence-electron chi connectivity index (χ1n) is 11.6. The van der Waals surface area contributed by atoms with Crippen molar-refractivity contribution in [2.75, 3.05) is 6.61 Å². The molecule has 3 aromatic carbocycles. The van der Waals surface area contributed by atoms with Crippen LogP contribution in [0.3, 0.4) is 0 Å². The molecule has 2 N–H and O–H groups in total. The van der Waals surface area contributed by atoms with E-state index in [4.69, 9.17) is 23.2 Å². The van der Waals surface area contributed by atoms with Crippen LogP contribution in [0.5, 0.6) is 0 Å². The van der Waals surface area contributed by atoms with Gasteiger partial charge in [-0.25, -0.2) is 8.78 Å². The van der Waals surface area contributed by atoms with E-state index in [-0.39, 0.29) is 18.9 Å². The maximum Gasteiger partial charge on any atom is 0.270 e. The third kappa shape index (κ3) is 5.00. The summed E-state index contributed by atoms with van der Waals surface area (Å²) in [5, 5.41) is 20.9. The lowest BCUT2D eigenvalue weighted by Crippen LogP contribution is -2.45. The smallest absolute Gasteiger partial charge is 0.270 e. The van der Waals surface area contributed by atoms with Crippen LogP contribution in [0.1, 0.15) is 59.3 Å². The molecule has 4 rings (SSSR count). The zero-order chi connectivity index (χ0) is 26.3. The minimum Gasteiger partial charge on any atom is -0.390 e. The van der Waals surface area contributed by atoms with Gasteiger partial charge in [-0.2, -0.15) is 0 Å². The van der Waals surface area contributed by atoms with Crippen LogP contribution >= 0.6 is 23.2 Å². The van der Waals surface area contributed by atoms with Gasteiger partial charge in [0.1, 0.15) is 6.61 Å². The van der Waals surface area contributed by atoms with Gasteiger partial charge in [-0.3, -0.25) is 4.79 Å². The predicted molar refractivity (Wildman–Crippen MR) is 137 cm³/mol. The fraction of sp³-hybridized carbons (Fsp3) is 0.321. The van der Waals surface area contributed by atoms with Crippen molar-refractivity contribution in [2.24, 2.45) is 0 Å². The van der Waals surface area contributed by atoms with Crippen molar-refractivity contribution in [3.63, 3.8) is 0 Å². The Balaban J connectivity index is 1.95. The van der Waals surface area contributed by atoms with E-state index in [2.05, 4.69) is 0 Å². The number of aliphatic hydroxyl groups excluding tert-OH is 1. The van der Waals surface area contributed by atoms with Crippen LogP contribution in [0, 0.1) is 0 Å². The van der Waals surface area contributed by atoms with Gasteiger partial charge in [-0.1, -0.05) is 59.6 Å². The van der Waals surface area contributed by atoms with Crippen LogP contribution in [0.25, 0.3) is 0 Å². The van der Waals surface area contributed by atoms with Crippen molar-refractivity contribution in [3.05, 3.63) is 105 Å². The molecule has 0 saturated carbocycles. The number of amides is 1. The maximum absolute atomic E-state index is 14.4. The minimum atomic E-state index is -3.33. The van der Waals surface area contributed by atoms with Crippen molar-refractivity contribution < 1.29 is 23.8 Å². The normalized spacial score (nSPS) is 18.0. The third-order valence-electron chi connectivity index (χ3n) is 6.77. The van der Waals surface area contributed by atoms with Crippen LogP contribution < -0.4 is 0 Å². The van der Waals surface area contributed by atoms with E-state index < -0.39 is 30.1 Å². The molecule has 8 heteroatoms. The first-order chi connectivity index (χ1) is 16.9. The molecule has 0 unspecified atom stereocenters. The number of halogens is 4. The van der Waals surface area contributed by atoms with Gasteiger partial charge in [0.05, 0.1) is 11.1 Å². The number of alkyl halides is 2. The van der Waals surface area contributed by atoms with Gasteiger partial charge in [-0.15, -0.1) is 0 Å². The molecule has 0 bridgehead atoms. The van der Waals surface area contributed by atoms with Crippen LogP contribution in [0.4, 0.5) is 8.78 Å². The van der Waals surface area contributed by atoms with E-state index in [1.165, 1.54) is 0 Å². The average Bonchev–Trinajstić information content (AvgIpc) is 3.07. The van der Waals surface area contributed by atoms with E-state index in [9.17, 15) is 23.8 Å². The molecule has 0 aromatic heterocycles. The predicted octanol–water partition coefficient (Wildman–Crippen LogP) is 6.53. The highest BCUT2D eigenvalue weighted by atomic mass is 35.5. The maximum atomic E-state index is 14.4. The standard InChI is InChI=1S/C28H27Cl2F2NO3/c1-26(2,36)20-7-12-24-23(15-20)25(35)33(16-18-3-8-21(29)9-4-18)28(24,14-13-27(31,32)17-34)19-5-10-22(30)11-6-19/h3-12,15,34,36H,13-14,16-17H2,1-2H3/t28-/m0/s1. The summed E-state index contributed by atoms with van der Waals surface area (Å²) in [4.78, 5) is 15.5. The van der Waals surface area contributed by atoms with E-state index in [0.717, 1.165) is 5.56 Å². The lowest BCUT2D eigenvalue weighted by molar-refractivity contribution is -0.0651. The fourth-order valence-electron chi connectivity index (χ4n) is 4.80. The van der Waals surface area contributed by atoms with Gasteiger partial charge in [0.15, 0.2) is 0 Å². The summed E-state index contributed by atoms with van der Waals surface area (Å²) >= 11 is 12.2. The molecule has 1 aliphatic rings. The fourth-order valence-corrected chi connectivity index (χ4v) is 5.05. The van der Waals surface area contributed by atoms with Crippen LogP contribution in [0.15, 0.2) is 66.7 Å². The number of rotatable bonds is 8.